The van der Waals surface area contributed by atoms with Gasteiger partial charge in [0.2, 0.25) is 5.91 Å². The van der Waals surface area contributed by atoms with Crippen molar-refractivity contribution < 1.29 is 14.7 Å². The molecule has 1 fully saturated rings. The highest BCUT2D eigenvalue weighted by Gasteiger charge is 2.67. The second-order valence-corrected chi connectivity index (χ2v) is 16.0. The highest BCUT2D eigenvalue weighted by Crippen LogP contribution is 2.64. The van der Waals surface area contributed by atoms with Crippen molar-refractivity contribution in [3.05, 3.63) is 0 Å². The number of hydrogen-bond acceptors (Lipinski definition) is 2. The second kappa shape index (κ2) is 5.36. The lowest BCUT2D eigenvalue weighted by molar-refractivity contribution is -0.143. The van der Waals surface area contributed by atoms with Crippen molar-refractivity contribution in [3.8, 4) is 0 Å². The average molecular weight is 328 g/mol. The van der Waals surface area contributed by atoms with Crippen molar-refractivity contribution in [1.29, 1.82) is 0 Å². The Morgan fingerprint density at radius 2 is 1.36 bits per heavy atom. The van der Waals surface area contributed by atoms with Crippen LogP contribution in [0.2, 0.25) is 15.1 Å². The Balaban J connectivity index is 3.77. The van der Waals surface area contributed by atoms with Crippen LogP contribution in [-0.4, -0.2) is 35.8 Å². The molecule has 1 aliphatic heterocycles. The Morgan fingerprint density at radius 1 is 1.00 bits per heavy atom. The van der Waals surface area contributed by atoms with E-state index in [0.717, 1.165) is 0 Å². The van der Waals surface area contributed by atoms with E-state index in [1.807, 2.05) is 4.57 Å². The van der Waals surface area contributed by atoms with Crippen LogP contribution in [0.1, 0.15) is 75.2 Å². The van der Waals surface area contributed by atoms with E-state index in [-0.39, 0.29) is 21.0 Å². The first-order chi connectivity index (χ1) is 9.59. The van der Waals surface area contributed by atoms with Crippen LogP contribution in [0.15, 0.2) is 0 Å². The van der Waals surface area contributed by atoms with Gasteiger partial charge in [0, 0.05) is 6.42 Å². The normalized spacial score (nSPS) is 21.4. The maximum absolute atomic E-state index is 12.8. The van der Waals surface area contributed by atoms with Gasteiger partial charge in [-0.3, -0.25) is 9.59 Å². The largest absolute Gasteiger partial charge is 0.480 e. The molecule has 0 unspecified atom stereocenters. The third kappa shape index (κ3) is 2.61. The van der Waals surface area contributed by atoms with Gasteiger partial charge in [-0.1, -0.05) is 62.3 Å². The first kappa shape index (κ1) is 19.2. The van der Waals surface area contributed by atoms with Gasteiger partial charge < -0.3 is 9.67 Å². The molecule has 0 aliphatic carbocycles. The monoisotopic (exact) mass is 327 g/mol. The van der Waals surface area contributed by atoms with E-state index in [1.54, 1.807) is 0 Å². The van der Waals surface area contributed by atoms with Crippen molar-refractivity contribution in [2.75, 3.05) is 0 Å². The van der Waals surface area contributed by atoms with Gasteiger partial charge in [-0.05, 0) is 21.5 Å². The van der Waals surface area contributed by atoms with Crippen LogP contribution in [0, 0.1) is 0 Å². The zero-order valence-electron chi connectivity index (χ0n) is 15.7. The second-order valence-electron chi connectivity index (χ2n) is 9.62. The quantitative estimate of drug-likeness (QED) is 0.764. The third-order valence-electron chi connectivity index (χ3n) is 5.11. The molecule has 1 rings (SSSR count). The zero-order valence-corrected chi connectivity index (χ0v) is 16.7. The van der Waals surface area contributed by atoms with Gasteiger partial charge in [-0.2, -0.15) is 0 Å². The summed E-state index contributed by atoms with van der Waals surface area (Å²) in [6, 6.07) is -0.670. The van der Waals surface area contributed by atoms with Gasteiger partial charge >= 0.3 is 5.97 Å². The summed E-state index contributed by atoms with van der Waals surface area (Å²) in [4.78, 5) is 24.6. The Bertz CT molecular complexity index is 430. The van der Waals surface area contributed by atoms with Crippen molar-refractivity contribution in [2.24, 2.45) is 0 Å². The lowest BCUT2D eigenvalue weighted by Gasteiger charge is -2.63. The summed E-state index contributed by atoms with van der Waals surface area (Å²) < 4.78 is 1.86. The van der Waals surface area contributed by atoms with Crippen LogP contribution >= 0.6 is 0 Å². The van der Waals surface area contributed by atoms with E-state index < -0.39 is 20.2 Å². The minimum absolute atomic E-state index is 0.0267. The van der Waals surface area contributed by atoms with E-state index in [1.165, 1.54) is 0 Å². The van der Waals surface area contributed by atoms with Crippen LogP contribution in [-0.2, 0) is 9.59 Å². The zero-order chi connectivity index (χ0) is 17.7. The molecule has 0 bridgehead atoms. The Hall–Kier alpha value is -0.843. The summed E-state index contributed by atoms with van der Waals surface area (Å²) in [5.74, 6) is -0.834. The first-order valence-electron chi connectivity index (χ1n) is 8.14. The van der Waals surface area contributed by atoms with Crippen molar-refractivity contribution in [3.63, 3.8) is 0 Å². The number of carboxylic acid groups (broad SMARTS) is 1. The maximum atomic E-state index is 12.8. The summed E-state index contributed by atoms with van der Waals surface area (Å²) in [6.07, 6.45) is 0.791. The van der Waals surface area contributed by atoms with Crippen molar-refractivity contribution >= 4 is 20.1 Å². The van der Waals surface area contributed by atoms with Crippen molar-refractivity contribution in [1.82, 2.24) is 4.57 Å². The van der Waals surface area contributed by atoms with Gasteiger partial charge in [-0.25, -0.2) is 0 Å². The summed E-state index contributed by atoms with van der Waals surface area (Å²) in [5.41, 5.74) is 0. The smallest absolute Gasteiger partial charge is 0.325 e. The third-order valence-corrected chi connectivity index (χ3v) is 12.9. The van der Waals surface area contributed by atoms with Gasteiger partial charge in [0.1, 0.15) is 6.04 Å². The van der Waals surface area contributed by atoms with Crippen LogP contribution in [0.25, 0.3) is 0 Å². The molecule has 0 aromatic heterocycles. The summed E-state index contributed by atoms with van der Waals surface area (Å²) in [7, 11) is -2.55. The van der Waals surface area contributed by atoms with E-state index in [9.17, 15) is 14.7 Å². The molecule has 0 aromatic rings. The lowest BCUT2D eigenvalue weighted by atomic mass is 10.2. The summed E-state index contributed by atoms with van der Waals surface area (Å²) in [6.45, 7) is 19.6. The number of amides is 1. The number of hydrogen-bond donors (Lipinski definition) is 1. The molecule has 128 valence electrons. The number of nitrogens with zero attached hydrogens (tertiary/aromatic N) is 1. The molecule has 1 heterocycles. The molecular weight excluding hydrogens is 294 g/mol. The van der Waals surface area contributed by atoms with Crippen LogP contribution < -0.4 is 0 Å². The lowest BCUT2D eigenvalue weighted by Crippen LogP contribution is -2.72. The molecule has 1 N–H and O–H groups in total. The van der Waals surface area contributed by atoms with E-state index in [2.05, 4.69) is 62.3 Å². The number of carbonyl (C=O) groups is 2. The highest BCUT2D eigenvalue weighted by molar-refractivity contribution is 6.87. The van der Waals surface area contributed by atoms with Gasteiger partial charge in [-0.15, -0.1) is 0 Å². The number of carboxylic acids is 1. The van der Waals surface area contributed by atoms with E-state index in [0.29, 0.717) is 12.8 Å². The van der Waals surface area contributed by atoms with Crippen LogP contribution in [0.5, 0.6) is 0 Å². The highest BCUT2D eigenvalue weighted by atomic mass is 28.3. The SMILES string of the molecule is CC(C)(C)[Si](N1C(=O)CC[C@H]1C(=O)O)(C(C)(C)C)C(C)(C)C. The molecular formula is C17H33NO3Si. The molecule has 0 aromatic carbocycles. The van der Waals surface area contributed by atoms with Crippen LogP contribution in [0.3, 0.4) is 0 Å². The Morgan fingerprint density at radius 3 is 1.64 bits per heavy atom. The first-order valence-corrected chi connectivity index (χ1v) is 10.1. The standard InChI is InChI=1S/C17H33NO3Si/c1-15(2,3)22(16(4,5)6,17(7,8)9)18-12(14(20)21)10-11-13(18)19/h12H,10-11H2,1-9H3,(H,20,21)/t12-/m0/s1. The van der Waals surface area contributed by atoms with Gasteiger partial charge in [0.05, 0.1) is 0 Å². The fourth-order valence-corrected chi connectivity index (χ4v) is 15.9. The fraction of sp³-hybridized carbons (Fsp3) is 0.882. The fourth-order valence-electron chi connectivity index (χ4n) is 5.80. The molecule has 1 atom stereocenters. The van der Waals surface area contributed by atoms with E-state index in [4.69, 9.17) is 0 Å². The minimum atomic E-state index is -2.55. The summed E-state index contributed by atoms with van der Waals surface area (Å²) in [5, 5.41) is 9.31. The molecule has 5 heteroatoms. The van der Waals surface area contributed by atoms with Gasteiger partial charge in [0.25, 0.3) is 0 Å². The molecule has 1 amide bonds. The van der Waals surface area contributed by atoms with Gasteiger partial charge in [0.15, 0.2) is 8.24 Å². The van der Waals surface area contributed by atoms with Crippen molar-refractivity contribution in [2.45, 2.75) is 96.3 Å². The van der Waals surface area contributed by atoms with Crippen LogP contribution in [0.4, 0.5) is 0 Å². The number of rotatable bonds is 2. The predicted molar refractivity (Wildman–Crippen MR) is 92.4 cm³/mol. The molecule has 0 spiro atoms. The summed E-state index contributed by atoms with van der Waals surface area (Å²) >= 11 is 0. The molecule has 4 nitrogen and oxygen atoms in total. The molecule has 22 heavy (non-hydrogen) atoms. The topological polar surface area (TPSA) is 57.6 Å². The molecule has 0 radical (unpaired) electrons. The maximum Gasteiger partial charge on any atom is 0.325 e. The Kier molecular flexibility index (Phi) is 4.68. The molecule has 0 saturated carbocycles. The predicted octanol–water partition coefficient (Wildman–Crippen LogP) is 4.41. The van der Waals surface area contributed by atoms with E-state index >= 15 is 0 Å². The number of aliphatic carboxylic acids is 1. The minimum Gasteiger partial charge on any atom is -0.480 e. The molecule has 1 aliphatic rings. The Labute approximate surface area is 136 Å². The molecule has 1 saturated heterocycles. The number of carbonyl (C=O) groups excluding carboxylic acids is 1. The average Bonchev–Trinajstić information content (AvgIpc) is 2.55.